The van der Waals surface area contributed by atoms with Gasteiger partial charge in [0, 0.05) is 24.8 Å². The van der Waals surface area contributed by atoms with E-state index in [-0.39, 0.29) is 11.5 Å². The fourth-order valence-electron chi connectivity index (χ4n) is 3.45. The number of ether oxygens (including phenoxy) is 2. The molecule has 3 heterocycles. The van der Waals surface area contributed by atoms with E-state index in [1.54, 1.807) is 0 Å². The summed E-state index contributed by atoms with van der Waals surface area (Å²) in [4.78, 5) is 0. The minimum Gasteiger partial charge on any atom is -0.421 e. The van der Waals surface area contributed by atoms with Crippen molar-refractivity contribution in [3.8, 4) is 0 Å². The van der Waals surface area contributed by atoms with Gasteiger partial charge in [0.2, 0.25) is 11.8 Å². The standard InChI is InChI=1S/C17H19ClN2O3/c18-13-5-3-12(4-6-13)17(7-10-21-11-8-17)16-20-19-15(23-16)14-2-1-9-22-14/h3-6,14H,1-2,7-11H2/t14-/m0/s1. The van der Waals surface area contributed by atoms with E-state index in [0.717, 1.165) is 42.9 Å². The lowest BCUT2D eigenvalue weighted by molar-refractivity contribution is 0.0504. The Kier molecular flexibility index (Phi) is 4.09. The molecule has 0 saturated carbocycles. The minimum atomic E-state index is -0.299. The minimum absolute atomic E-state index is 0.0571. The van der Waals surface area contributed by atoms with Gasteiger partial charge in [0.15, 0.2) is 0 Å². The summed E-state index contributed by atoms with van der Waals surface area (Å²) >= 11 is 6.04. The van der Waals surface area contributed by atoms with Crippen molar-refractivity contribution in [3.63, 3.8) is 0 Å². The molecule has 0 radical (unpaired) electrons. The monoisotopic (exact) mass is 334 g/mol. The Hall–Kier alpha value is -1.43. The highest BCUT2D eigenvalue weighted by Gasteiger charge is 2.42. The van der Waals surface area contributed by atoms with E-state index in [0.29, 0.717) is 25.0 Å². The van der Waals surface area contributed by atoms with Gasteiger partial charge in [-0.05, 0) is 43.4 Å². The van der Waals surface area contributed by atoms with Crippen LogP contribution in [0.3, 0.4) is 0 Å². The van der Waals surface area contributed by atoms with Crippen LogP contribution >= 0.6 is 11.6 Å². The number of hydrogen-bond acceptors (Lipinski definition) is 5. The van der Waals surface area contributed by atoms with Crippen LogP contribution in [0.2, 0.25) is 5.02 Å². The molecule has 0 N–H and O–H groups in total. The number of benzene rings is 1. The Labute approximate surface area is 139 Å². The number of aromatic nitrogens is 2. The van der Waals surface area contributed by atoms with Crippen molar-refractivity contribution < 1.29 is 13.9 Å². The Morgan fingerprint density at radius 2 is 1.83 bits per heavy atom. The first-order valence-electron chi connectivity index (χ1n) is 8.07. The molecule has 6 heteroatoms. The van der Waals surface area contributed by atoms with E-state index >= 15 is 0 Å². The zero-order chi connectivity index (χ0) is 15.7. The SMILES string of the molecule is Clc1ccc(C2(c3nnc([C@@H]4CCCO4)o3)CCOCC2)cc1. The number of hydrogen-bond donors (Lipinski definition) is 0. The summed E-state index contributed by atoms with van der Waals surface area (Å²) in [6.45, 7) is 2.12. The molecule has 122 valence electrons. The van der Waals surface area contributed by atoms with E-state index in [4.69, 9.17) is 25.5 Å². The Bertz CT molecular complexity index is 659. The van der Waals surface area contributed by atoms with Crippen LogP contribution in [0, 0.1) is 0 Å². The zero-order valence-electron chi connectivity index (χ0n) is 12.8. The molecule has 2 fully saturated rings. The molecule has 0 unspecified atom stereocenters. The third-order valence-corrected chi connectivity index (χ3v) is 5.05. The van der Waals surface area contributed by atoms with Crippen molar-refractivity contribution in [1.29, 1.82) is 0 Å². The topological polar surface area (TPSA) is 57.4 Å². The predicted molar refractivity (Wildman–Crippen MR) is 84.5 cm³/mol. The molecule has 2 saturated heterocycles. The van der Waals surface area contributed by atoms with Gasteiger partial charge in [-0.2, -0.15) is 0 Å². The molecule has 23 heavy (non-hydrogen) atoms. The summed E-state index contributed by atoms with van der Waals surface area (Å²) in [5, 5.41) is 9.35. The Balaban J connectivity index is 1.72. The lowest BCUT2D eigenvalue weighted by Gasteiger charge is -2.34. The summed E-state index contributed by atoms with van der Waals surface area (Å²) in [6, 6.07) is 7.91. The average Bonchev–Trinajstić information content (AvgIpc) is 3.28. The highest BCUT2D eigenvalue weighted by Crippen LogP contribution is 2.41. The molecular weight excluding hydrogens is 316 g/mol. The van der Waals surface area contributed by atoms with E-state index < -0.39 is 0 Å². The van der Waals surface area contributed by atoms with Gasteiger partial charge in [-0.25, -0.2) is 0 Å². The van der Waals surface area contributed by atoms with Gasteiger partial charge in [-0.1, -0.05) is 23.7 Å². The second-order valence-electron chi connectivity index (χ2n) is 6.15. The lowest BCUT2D eigenvalue weighted by atomic mass is 9.74. The van der Waals surface area contributed by atoms with E-state index in [1.165, 1.54) is 0 Å². The molecular formula is C17H19ClN2O3. The van der Waals surface area contributed by atoms with Crippen LogP contribution in [0.1, 0.15) is 49.1 Å². The van der Waals surface area contributed by atoms with Gasteiger partial charge < -0.3 is 13.9 Å². The molecule has 5 nitrogen and oxygen atoms in total. The first-order valence-corrected chi connectivity index (χ1v) is 8.45. The van der Waals surface area contributed by atoms with Crippen LogP contribution in [-0.2, 0) is 14.9 Å². The fraction of sp³-hybridized carbons (Fsp3) is 0.529. The Morgan fingerprint density at radius 3 is 2.52 bits per heavy atom. The smallest absolute Gasteiger partial charge is 0.245 e. The van der Waals surface area contributed by atoms with Gasteiger partial charge >= 0.3 is 0 Å². The third-order valence-electron chi connectivity index (χ3n) is 4.80. The maximum absolute atomic E-state index is 6.06. The molecule has 0 spiro atoms. The first kappa shape index (κ1) is 15.1. The summed E-state index contributed by atoms with van der Waals surface area (Å²) in [6.07, 6.45) is 3.57. The van der Waals surface area contributed by atoms with Gasteiger partial charge in [0.25, 0.3) is 0 Å². The van der Waals surface area contributed by atoms with Crippen molar-refractivity contribution in [1.82, 2.24) is 10.2 Å². The highest BCUT2D eigenvalue weighted by molar-refractivity contribution is 6.30. The molecule has 2 aromatic rings. The van der Waals surface area contributed by atoms with Crippen LogP contribution < -0.4 is 0 Å². The van der Waals surface area contributed by atoms with Crippen LogP contribution in [0.5, 0.6) is 0 Å². The maximum atomic E-state index is 6.06. The molecule has 0 aliphatic carbocycles. The average molecular weight is 335 g/mol. The van der Waals surface area contributed by atoms with Gasteiger partial charge in [-0.3, -0.25) is 0 Å². The van der Waals surface area contributed by atoms with Gasteiger partial charge in [0.05, 0.1) is 5.41 Å². The van der Waals surface area contributed by atoms with Crippen LogP contribution in [0.15, 0.2) is 28.7 Å². The third kappa shape index (κ3) is 2.77. The molecule has 1 atom stereocenters. The summed E-state index contributed by atoms with van der Waals surface area (Å²) in [5.41, 5.74) is 0.847. The molecule has 2 aliphatic rings. The van der Waals surface area contributed by atoms with E-state index in [9.17, 15) is 0 Å². The Morgan fingerprint density at radius 1 is 1.04 bits per heavy atom. The van der Waals surface area contributed by atoms with Crippen molar-refractivity contribution in [3.05, 3.63) is 46.6 Å². The predicted octanol–water partition coefficient (Wildman–Crippen LogP) is 3.67. The van der Waals surface area contributed by atoms with Crippen molar-refractivity contribution in [2.45, 2.75) is 37.2 Å². The van der Waals surface area contributed by atoms with Crippen molar-refractivity contribution >= 4 is 11.6 Å². The second-order valence-corrected chi connectivity index (χ2v) is 6.58. The molecule has 4 rings (SSSR count). The second kappa shape index (κ2) is 6.23. The van der Waals surface area contributed by atoms with E-state index in [2.05, 4.69) is 10.2 Å². The van der Waals surface area contributed by atoms with Gasteiger partial charge in [-0.15, -0.1) is 10.2 Å². The van der Waals surface area contributed by atoms with Crippen molar-refractivity contribution in [2.75, 3.05) is 19.8 Å². The molecule has 1 aromatic heterocycles. The van der Waals surface area contributed by atoms with Crippen LogP contribution in [0.4, 0.5) is 0 Å². The molecule has 0 bridgehead atoms. The molecule has 2 aliphatic heterocycles. The first-order chi connectivity index (χ1) is 11.3. The molecule has 0 amide bonds. The zero-order valence-corrected chi connectivity index (χ0v) is 13.6. The quantitative estimate of drug-likeness (QED) is 0.857. The normalized spacial score (nSPS) is 24.0. The largest absolute Gasteiger partial charge is 0.421 e. The van der Waals surface area contributed by atoms with Crippen LogP contribution in [-0.4, -0.2) is 30.0 Å². The van der Waals surface area contributed by atoms with Crippen molar-refractivity contribution in [2.24, 2.45) is 0 Å². The lowest BCUT2D eigenvalue weighted by Crippen LogP contribution is -2.35. The maximum Gasteiger partial charge on any atom is 0.245 e. The van der Waals surface area contributed by atoms with E-state index in [1.807, 2.05) is 24.3 Å². The summed E-state index contributed by atoms with van der Waals surface area (Å²) in [7, 11) is 0. The van der Waals surface area contributed by atoms with Crippen LogP contribution in [0.25, 0.3) is 0 Å². The fourth-order valence-corrected chi connectivity index (χ4v) is 3.57. The summed E-state index contributed by atoms with van der Waals surface area (Å²) < 4.78 is 17.3. The molecule has 1 aromatic carbocycles. The number of rotatable bonds is 3. The highest BCUT2D eigenvalue weighted by atomic mass is 35.5. The number of nitrogens with zero attached hydrogens (tertiary/aromatic N) is 2. The van der Waals surface area contributed by atoms with Gasteiger partial charge in [0.1, 0.15) is 6.10 Å². The summed E-state index contributed by atoms with van der Waals surface area (Å²) in [5.74, 6) is 1.26. The number of halogens is 1.